The number of hydrogen-bond acceptors (Lipinski definition) is 10. The fourth-order valence-electron chi connectivity index (χ4n) is 12.0. The van der Waals surface area contributed by atoms with Crippen molar-refractivity contribution in [1.82, 2.24) is 5.32 Å². The standard InChI is InChI=1S/C74H141NO10/c1-3-5-7-9-11-13-15-17-19-21-23-25-27-29-31-33-35-37-39-41-43-45-47-49-51-53-55-57-59-61-66(77)69(79)65(64-84-74-72(82)71(81)70(80)68(63-76)85-74)75-73(83)67(78)62-60-58-56-54-52-50-48-46-44-42-40-38-36-34-32-30-28-26-24-22-20-18-16-14-12-10-8-6-4-2/h30,32,45,47,53,55,65-72,74,76-82H,3-29,31,33-44,46,48-52,54,56-64H2,1-2H3,(H,75,83)/b32-30-,47-45+,55-53+. The molecule has 1 rings (SSSR count). The molecule has 1 fully saturated rings. The van der Waals surface area contributed by atoms with Crippen molar-refractivity contribution in [3.05, 3.63) is 36.5 Å². The van der Waals surface area contributed by atoms with Crippen LogP contribution in [0.1, 0.15) is 361 Å². The summed E-state index contributed by atoms with van der Waals surface area (Å²) in [5.74, 6) is -0.705. The highest BCUT2D eigenvalue weighted by molar-refractivity contribution is 5.80. The van der Waals surface area contributed by atoms with Crippen LogP contribution in [-0.4, -0.2) is 110 Å². The molecule has 1 saturated heterocycles. The molecule has 0 spiro atoms. The second-order valence-electron chi connectivity index (χ2n) is 26.0. The molecule has 11 nitrogen and oxygen atoms in total. The first-order chi connectivity index (χ1) is 41.7. The molecule has 0 aliphatic carbocycles. The fourth-order valence-corrected chi connectivity index (χ4v) is 12.0. The molecule has 0 aromatic heterocycles. The largest absolute Gasteiger partial charge is 0.394 e. The Kier molecular flexibility index (Phi) is 59.8. The summed E-state index contributed by atoms with van der Waals surface area (Å²) in [6.07, 6.45) is 69.6. The summed E-state index contributed by atoms with van der Waals surface area (Å²) < 4.78 is 11.2. The van der Waals surface area contributed by atoms with Gasteiger partial charge in [0.25, 0.3) is 0 Å². The average Bonchev–Trinajstić information content (AvgIpc) is 3.67. The van der Waals surface area contributed by atoms with Crippen LogP contribution in [0.25, 0.3) is 0 Å². The summed E-state index contributed by atoms with van der Waals surface area (Å²) in [7, 11) is 0. The minimum absolute atomic E-state index is 0.248. The highest BCUT2D eigenvalue weighted by Crippen LogP contribution is 2.24. The molecule has 0 aromatic rings. The van der Waals surface area contributed by atoms with Crippen LogP contribution >= 0.6 is 0 Å². The van der Waals surface area contributed by atoms with E-state index in [1.54, 1.807) is 0 Å². The predicted octanol–water partition coefficient (Wildman–Crippen LogP) is 18.1. The Morgan fingerprint density at radius 1 is 0.400 bits per heavy atom. The monoisotopic (exact) mass is 1200 g/mol. The van der Waals surface area contributed by atoms with Crippen molar-refractivity contribution in [3.8, 4) is 0 Å². The third-order valence-corrected chi connectivity index (χ3v) is 17.9. The van der Waals surface area contributed by atoms with Crippen LogP contribution in [0.4, 0.5) is 0 Å². The number of hydrogen-bond donors (Lipinski definition) is 8. The van der Waals surface area contributed by atoms with Gasteiger partial charge in [-0.25, -0.2) is 0 Å². The van der Waals surface area contributed by atoms with E-state index in [1.165, 1.54) is 276 Å². The molecular weight excluding hydrogens is 1060 g/mol. The molecule has 9 unspecified atom stereocenters. The number of allylic oxidation sites excluding steroid dienone is 6. The number of rotatable bonds is 65. The molecular formula is C74H141NO10. The van der Waals surface area contributed by atoms with E-state index < -0.39 is 74.2 Å². The van der Waals surface area contributed by atoms with E-state index in [4.69, 9.17) is 9.47 Å². The molecule has 9 atom stereocenters. The van der Waals surface area contributed by atoms with Crippen LogP contribution in [0, 0.1) is 0 Å². The molecule has 8 N–H and O–H groups in total. The van der Waals surface area contributed by atoms with Gasteiger partial charge in [-0.3, -0.25) is 4.79 Å². The topological polar surface area (TPSA) is 189 Å². The minimum Gasteiger partial charge on any atom is -0.394 e. The summed E-state index contributed by atoms with van der Waals surface area (Å²) in [5.41, 5.74) is 0. The smallest absolute Gasteiger partial charge is 0.249 e. The van der Waals surface area contributed by atoms with Crippen LogP contribution in [0.3, 0.4) is 0 Å². The number of aliphatic hydroxyl groups is 7. The summed E-state index contributed by atoms with van der Waals surface area (Å²) in [6, 6.07) is -1.19. The van der Waals surface area contributed by atoms with Crippen molar-refractivity contribution in [2.24, 2.45) is 0 Å². The first-order valence-electron chi connectivity index (χ1n) is 36.9. The molecule has 0 bridgehead atoms. The van der Waals surface area contributed by atoms with Gasteiger partial charge >= 0.3 is 0 Å². The average molecular weight is 1200 g/mol. The van der Waals surface area contributed by atoms with Gasteiger partial charge in [0.1, 0.15) is 36.6 Å². The minimum atomic E-state index is -1.67. The molecule has 85 heavy (non-hydrogen) atoms. The second-order valence-corrected chi connectivity index (χ2v) is 26.0. The number of nitrogens with one attached hydrogen (secondary N) is 1. The predicted molar refractivity (Wildman–Crippen MR) is 358 cm³/mol. The van der Waals surface area contributed by atoms with E-state index >= 15 is 0 Å². The lowest BCUT2D eigenvalue weighted by Gasteiger charge is -2.40. The Bertz CT molecular complexity index is 1480. The van der Waals surface area contributed by atoms with Gasteiger partial charge < -0.3 is 50.5 Å². The van der Waals surface area contributed by atoms with Crippen molar-refractivity contribution < 1.29 is 50.0 Å². The van der Waals surface area contributed by atoms with Gasteiger partial charge in [0.15, 0.2) is 6.29 Å². The van der Waals surface area contributed by atoms with Crippen LogP contribution in [-0.2, 0) is 14.3 Å². The Labute approximate surface area is 524 Å². The van der Waals surface area contributed by atoms with Gasteiger partial charge in [-0.1, -0.05) is 320 Å². The lowest BCUT2D eigenvalue weighted by molar-refractivity contribution is -0.303. The van der Waals surface area contributed by atoms with Crippen LogP contribution in [0.15, 0.2) is 36.5 Å². The summed E-state index contributed by atoms with van der Waals surface area (Å²) in [4.78, 5) is 13.3. The van der Waals surface area contributed by atoms with E-state index in [2.05, 4.69) is 55.6 Å². The quantitative estimate of drug-likeness (QED) is 0.0215. The number of ether oxygens (including phenoxy) is 2. The van der Waals surface area contributed by atoms with Crippen molar-refractivity contribution in [3.63, 3.8) is 0 Å². The molecule has 0 saturated carbocycles. The van der Waals surface area contributed by atoms with Gasteiger partial charge in [0.05, 0.1) is 25.4 Å². The first-order valence-corrected chi connectivity index (χ1v) is 36.9. The Morgan fingerprint density at radius 3 is 1.05 bits per heavy atom. The summed E-state index contributed by atoms with van der Waals surface area (Å²) in [5, 5.41) is 76.5. The molecule has 1 amide bonds. The maximum absolute atomic E-state index is 13.3. The number of unbranched alkanes of at least 4 members (excludes halogenated alkanes) is 47. The van der Waals surface area contributed by atoms with Crippen molar-refractivity contribution in [2.75, 3.05) is 13.2 Å². The zero-order valence-corrected chi connectivity index (χ0v) is 55.6. The summed E-state index contributed by atoms with van der Waals surface area (Å²) in [6.45, 7) is 3.50. The number of aliphatic hydroxyl groups excluding tert-OH is 7. The molecule has 0 aromatic carbocycles. The summed E-state index contributed by atoms with van der Waals surface area (Å²) >= 11 is 0. The van der Waals surface area contributed by atoms with Crippen LogP contribution < -0.4 is 5.32 Å². The van der Waals surface area contributed by atoms with Gasteiger partial charge in [0.2, 0.25) is 5.91 Å². The number of amides is 1. The zero-order chi connectivity index (χ0) is 61.7. The van der Waals surface area contributed by atoms with Gasteiger partial charge in [0, 0.05) is 0 Å². The molecule has 1 aliphatic heterocycles. The van der Waals surface area contributed by atoms with Crippen molar-refractivity contribution in [2.45, 2.75) is 416 Å². The zero-order valence-electron chi connectivity index (χ0n) is 55.6. The fraction of sp³-hybridized carbons (Fsp3) is 0.905. The lowest BCUT2D eigenvalue weighted by Crippen LogP contribution is -2.60. The van der Waals surface area contributed by atoms with E-state index in [0.717, 1.165) is 38.5 Å². The van der Waals surface area contributed by atoms with Crippen LogP contribution in [0.5, 0.6) is 0 Å². The number of carbonyl (C=O) groups is 1. The molecule has 1 aliphatic rings. The number of carbonyl (C=O) groups excluding carboxylic acids is 1. The van der Waals surface area contributed by atoms with Crippen molar-refractivity contribution >= 4 is 5.91 Å². The lowest BCUT2D eigenvalue weighted by atomic mass is 9.98. The molecule has 502 valence electrons. The third-order valence-electron chi connectivity index (χ3n) is 17.9. The first kappa shape index (κ1) is 81.3. The third kappa shape index (κ3) is 49.8. The van der Waals surface area contributed by atoms with E-state index in [1.807, 2.05) is 0 Å². The molecule has 11 heteroatoms. The molecule has 1 heterocycles. The highest BCUT2D eigenvalue weighted by Gasteiger charge is 2.44. The van der Waals surface area contributed by atoms with Crippen molar-refractivity contribution in [1.29, 1.82) is 0 Å². The maximum Gasteiger partial charge on any atom is 0.249 e. The SMILES string of the molecule is CCCCCCCCCCCCCC/C=C\CCCCCCCCCCCCCCCC(O)C(=O)NC(COC1OC(CO)C(O)C(O)C1O)C(O)C(O)CCC/C=C/CC/C=C/CCCCCCCCCCCCCCCCCCCCCC. The second kappa shape index (κ2) is 62.5. The normalized spacial score (nSPS) is 19.0. The Balaban J connectivity index is 2.21. The Hall–Kier alpha value is -1.67. The molecule has 0 radical (unpaired) electrons. The van der Waals surface area contributed by atoms with Gasteiger partial charge in [-0.2, -0.15) is 0 Å². The van der Waals surface area contributed by atoms with E-state index in [9.17, 15) is 40.5 Å². The maximum atomic E-state index is 13.3. The highest BCUT2D eigenvalue weighted by atomic mass is 16.7. The van der Waals surface area contributed by atoms with Gasteiger partial charge in [-0.05, 0) is 77.0 Å². The van der Waals surface area contributed by atoms with Crippen LogP contribution in [0.2, 0.25) is 0 Å². The Morgan fingerprint density at radius 2 is 0.706 bits per heavy atom. The van der Waals surface area contributed by atoms with E-state index in [-0.39, 0.29) is 12.8 Å². The van der Waals surface area contributed by atoms with Gasteiger partial charge in [-0.15, -0.1) is 0 Å². The van der Waals surface area contributed by atoms with E-state index in [0.29, 0.717) is 19.3 Å².